The van der Waals surface area contributed by atoms with Gasteiger partial charge in [0.15, 0.2) is 0 Å². The fourth-order valence-corrected chi connectivity index (χ4v) is 2.97. The number of alkyl halides is 1. The van der Waals surface area contributed by atoms with Crippen LogP contribution in [0.4, 0.5) is 0 Å². The summed E-state index contributed by atoms with van der Waals surface area (Å²) in [5.41, 5.74) is 0. The molecule has 0 aromatic rings. The van der Waals surface area contributed by atoms with Crippen LogP contribution in [0.2, 0.25) is 0 Å². The summed E-state index contributed by atoms with van der Waals surface area (Å²) < 4.78 is 5.41. The molecule has 0 aliphatic carbocycles. The number of hydrogen-bond donors (Lipinski definition) is 0. The van der Waals surface area contributed by atoms with Crippen molar-refractivity contribution < 1.29 is 9.53 Å². The third kappa shape index (κ3) is 3.84. The maximum Gasteiger partial charge on any atom is 0.228 e. The Labute approximate surface area is 114 Å². The lowest BCUT2D eigenvalue weighted by atomic mass is 10.0. The summed E-state index contributed by atoms with van der Waals surface area (Å²) in [5.74, 6) is 1.06. The molecule has 2 aliphatic heterocycles. The van der Waals surface area contributed by atoms with E-state index in [1.54, 1.807) is 0 Å². The predicted octanol–water partition coefficient (Wildman–Crippen LogP) is 1.19. The summed E-state index contributed by atoms with van der Waals surface area (Å²) in [6.45, 7) is 6.08. The van der Waals surface area contributed by atoms with Gasteiger partial charge in [0.05, 0.1) is 12.5 Å². The van der Waals surface area contributed by atoms with E-state index in [-0.39, 0.29) is 5.92 Å². The van der Waals surface area contributed by atoms with E-state index in [0.717, 1.165) is 58.6 Å². The van der Waals surface area contributed by atoms with Gasteiger partial charge in [0.2, 0.25) is 5.91 Å². The zero-order valence-corrected chi connectivity index (χ0v) is 11.7. The first-order valence-corrected chi connectivity index (χ1v) is 7.49. The average Bonchev–Trinajstić information content (AvgIpc) is 2.65. The molecule has 1 atom stereocenters. The minimum atomic E-state index is 0.0957. The van der Waals surface area contributed by atoms with Crippen molar-refractivity contribution in [2.75, 3.05) is 51.8 Å². The SMILES string of the molecule is O=C(C1CCCOC1)N1CCCN(CCCl)CC1. The first-order valence-electron chi connectivity index (χ1n) is 6.96. The topological polar surface area (TPSA) is 32.8 Å². The van der Waals surface area contributed by atoms with Crippen molar-refractivity contribution >= 4 is 17.5 Å². The summed E-state index contributed by atoms with van der Waals surface area (Å²) in [7, 11) is 0. The third-order valence-electron chi connectivity index (χ3n) is 3.81. The van der Waals surface area contributed by atoms with Crippen LogP contribution in [-0.4, -0.2) is 67.5 Å². The Morgan fingerprint density at radius 3 is 2.83 bits per heavy atom. The van der Waals surface area contributed by atoms with E-state index in [1.165, 1.54) is 0 Å². The summed E-state index contributed by atoms with van der Waals surface area (Å²) in [5, 5.41) is 0. The van der Waals surface area contributed by atoms with E-state index in [4.69, 9.17) is 16.3 Å². The van der Waals surface area contributed by atoms with E-state index < -0.39 is 0 Å². The molecule has 1 amide bonds. The molecule has 2 heterocycles. The van der Waals surface area contributed by atoms with Gasteiger partial charge >= 0.3 is 0 Å². The van der Waals surface area contributed by atoms with Gasteiger partial charge < -0.3 is 14.5 Å². The number of ether oxygens (including phenoxy) is 1. The van der Waals surface area contributed by atoms with Crippen molar-refractivity contribution in [1.82, 2.24) is 9.80 Å². The first kappa shape index (κ1) is 14.1. The van der Waals surface area contributed by atoms with Crippen LogP contribution < -0.4 is 0 Å². The standard InChI is InChI=1S/C13H23ClN2O2/c14-4-7-15-5-2-6-16(9-8-15)13(17)12-3-1-10-18-11-12/h12H,1-11H2. The fraction of sp³-hybridized carbons (Fsp3) is 0.923. The number of carbonyl (C=O) groups excluding carboxylic acids is 1. The highest BCUT2D eigenvalue weighted by Gasteiger charge is 2.27. The molecule has 4 nitrogen and oxygen atoms in total. The lowest BCUT2D eigenvalue weighted by molar-refractivity contribution is -0.139. The zero-order chi connectivity index (χ0) is 12.8. The Hall–Kier alpha value is -0.320. The zero-order valence-electron chi connectivity index (χ0n) is 10.9. The van der Waals surface area contributed by atoms with Crippen LogP contribution in [0.5, 0.6) is 0 Å². The highest BCUT2D eigenvalue weighted by Crippen LogP contribution is 2.17. The van der Waals surface area contributed by atoms with Crippen LogP contribution in [0.15, 0.2) is 0 Å². The van der Waals surface area contributed by atoms with Gasteiger partial charge in [0, 0.05) is 38.7 Å². The monoisotopic (exact) mass is 274 g/mol. The van der Waals surface area contributed by atoms with E-state index in [1.807, 2.05) is 4.90 Å². The summed E-state index contributed by atoms with van der Waals surface area (Å²) in [4.78, 5) is 16.7. The quantitative estimate of drug-likeness (QED) is 0.725. The lowest BCUT2D eigenvalue weighted by Crippen LogP contribution is -2.41. The van der Waals surface area contributed by atoms with Crippen LogP contribution in [0.1, 0.15) is 19.3 Å². The minimum absolute atomic E-state index is 0.0957. The Balaban J connectivity index is 1.82. The van der Waals surface area contributed by atoms with Gasteiger partial charge in [-0.1, -0.05) is 0 Å². The molecule has 0 spiro atoms. The van der Waals surface area contributed by atoms with E-state index in [0.29, 0.717) is 18.4 Å². The average molecular weight is 275 g/mol. The van der Waals surface area contributed by atoms with Gasteiger partial charge in [-0.2, -0.15) is 0 Å². The Bertz CT molecular complexity index is 270. The molecule has 5 heteroatoms. The number of amides is 1. The van der Waals surface area contributed by atoms with Crippen LogP contribution in [0.3, 0.4) is 0 Å². The second kappa shape index (κ2) is 7.31. The summed E-state index contributed by atoms with van der Waals surface area (Å²) in [6, 6.07) is 0. The van der Waals surface area contributed by atoms with E-state index in [2.05, 4.69) is 4.90 Å². The maximum absolute atomic E-state index is 12.4. The van der Waals surface area contributed by atoms with Gasteiger partial charge in [-0.3, -0.25) is 4.79 Å². The minimum Gasteiger partial charge on any atom is -0.381 e. The predicted molar refractivity (Wildman–Crippen MR) is 71.9 cm³/mol. The number of nitrogens with zero attached hydrogens (tertiary/aromatic N) is 2. The van der Waals surface area contributed by atoms with Crippen molar-refractivity contribution in [2.24, 2.45) is 5.92 Å². The molecule has 0 radical (unpaired) electrons. The maximum atomic E-state index is 12.4. The van der Waals surface area contributed by atoms with E-state index >= 15 is 0 Å². The molecule has 18 heavy (non-hydrogen) atoms. The molecular formula is C13H23ClN2O2. The van der Waals surface area contributed by atoms with Gasteiger partial charge in [-0.15, -0.1) is 11.6 Å². The third-order valence-corrected chi connectivity index (χ3v) is 3.98. The highest BCUT2D eigenvalue weighted by molar-refractivity contribution is 6.18. The van der Waals surface area contributed by atoms with Gasteiger partial charge in [-0.05, 0) is 25.8 Å². The molecule has 2 rings (SSSR count). The normalized spacial score (nSPS) is 26.9. The molecule has 0 aromatic carbocycles. The smallest absolute Gasteiger partial charge is 0.228 e. The summed E-state index contributed by atoms with van der Waals surface area (Å²) >= 11 is 5.77. The van der Waals surface area contributed by atoms with Crippen molar-refractivity contribution in [3.8, 4) is 0 Å². The van der Waals surface area contributed by atoms with Crippen LogP contribution in [-0.2, 0) is 9.53 Å². The second-order valence-electron chi connectivity index (χ2n) is 5.12. The fourth-order valence-electron chi connectivity index (χ4n) is 2.73. The number of rotatable bonds is 3. The van der Waals surface area contributed by atoms with Crippen molar-refractivity contribution in [1.29, 1.82) is 0 Å². The Morgan fingerprint density at radius 1 is 1.22 bits per heavy atom. The molecule has 0 saturated carbocycles. The second-order valence-corrected chi connectivity index (χ2v) is 5.50. The molecule has 2 aliphatic rings. The van der Waals surface area contributed by atoms with Crippen molar-refractivity contribution in [3.63, 3.8) is 0 Å². The van der Waals surface area contributed by atoms with Crippen molar-refractivity contribution in [2.45, 2.75) is 19.3 Å². The van der Waals surface area contributed by atoms with Crippen molar-refractivity contribution in [3.05, 3.63) is 0 Å². The number of hydrogen-bond acceptors (Lipinski definition) is 3. The Kier molecular flexibility index (Phi) is 5.73. The van der Waals surface area contributed by atoms with Gasteiger partial charge in [0.1, 0.15) is 0 Å². The lowest BCUT2D eigenvalue weighted by Gasteiger charge is -2.28. The number of halogens is 1. The molecule has 2 saturated heterocycles. The highest BCUT2D eigenvalue weighted by atomic mass is 35.5. The van der Waals surface area contributed by atoms with Gasteiger partial charge in [-0.25, -0.2) is 0 Å². The summed E-state index contributed by atoms with van der Waals surface area (Å²) in [6.07, 6.45) is 3.06. The largest absolute Gasteiger partial charge is 0.381 e. The molecule has 2 fully saturated rings. The Morgan fingerprint density at radius 2 is 2.11 bits per heavy atom. The van der Waals surface area contributed by atoms with Crippen LogP contribution >= 0.6 is 11.6 Å². The molecule has 0 bridgehead atoms. The van der Waals surface area contributed by atoms with Crippen LogP contribution in [0, 0.1) is 5.92 Å². The molecule has 104 valence electrons. The van der Waals surface area contributed by atoms with E-state index in [9.17, 15) is 4.79 Å². The van der Waals surface area contributed by atoms with Gasteiger partial charge in [0.25, 0.3) is 0 Å². The number of carbonyl (C=O) groups is 1. The molecular weight excluding hydrogens is 252 g/mol. The molecule has 0 aromatic heterocycles. The molecule has 1 unspecified atom stereocenters. The first-order chi connectivity index (χ1) is 8.81. The molecule has 0 N–H and O–H groups in total. The van der Waals surface area contributed by atoms with Crippen LogP contribution in [0.25, 0.3) is 0 Å².